The molecule has 3 heterocycles. The van der Waals surface area contributed by atoms with Crippen LogP contribution in [0.3, 0.4) is 0 Å². The summed E-state index contributed by atoms with van der Waals surface area (Å²) in [6.45, 7) is 24.1. The Hall–Kier alpha value is -3.16. The van der Waals surface area contributed by atoms with E-state index in [4.69, 9.17) is 23.3 Å². The fourth-order valence-corrected chi connectivity index (χ4v) is 8.57. The van der Waals surface area contributed by atoms with Gasteiger partial charge < -0.3 is 22.9 Å². The zero-order valence-corrected chi connectivity index (χ0v) is 36.3. The highest BCUT2D eigenvalue weighted by Crippen LogP contribution is 2.44. The van der Waals surface area contributed by atoms with Gasteiger partial charge in [0.2, 0.25) is 17.7 Å². The number of nitrogens with one attached hydrogen (secondary N) is 1. The summed E-state index contributed by atoms with van der Waals surface area (Å²) in [7, 11) is -4.28. The van der Waals surface area contributed by atoms with Gasteiger partial charge in [0.15, 0.2) is 22.3 Å². The molecule has 4 aromatic rings. The van der Waals surface area contributed by atoms with Gasteiger partial charge >= 0.3 is 6.09 Å². The highest BCUT2D eigenvalue weighted by atomic mass is 127. The van der Waals surface area contributed by atoms with Gasteiger partial charge in [-0.25, -0.2) is 9.69 Å². The number of ether oxygens (including phenoxy) is 2. The number of rotatable bonds is 10. The van der Waals surface area contributed by atoms with Gasteiger partial charge in [-0.2, -0.15) is 9.97 Å². The monoisotopic (exact) mass is 857 g/mol. The fourth-order valence-electron chi connectivity index (χ4n) is 5.43. The predicted octanol–water partition coefficient (Wildman–Crippen LogP) is 10.0. The number of hydrogen-bond donors (Lipinski definition) is 1. The molecule has 52 heavy (non-hydrogen) atoms. The van der Waals surface area contributed by atoms with Crippen molar-refractivity contribution in [3.05, 3.63) is 70.4 Å². The van der Waals surface area contributed by atoms with Crippen molar-refractivity contribution in [2.24, 2.45) is 0 Å². The summed E-state index contributed by atoms with van der Waals surface area (Å²) in [5.74, 6) is -0.333. The molecule has 0 radical (unpaired) electrons. The number of para-hydroxylation sites is 2. The molecule has 1 N–H and O–H groups in total. The van der Waals surface area contributed by atoms with Gasteiger partial charge in [-0.15, -0.1) is 0 Å². The first-order valence-electron chi connectivity index (χ1n) is 17.6. The van der Waals surface area contributed by atoms with E-state index in [2.05, 4.69) is 101 Å². The zero-order valence-electron chi connectivity index (χ0n) is 32.1. The molecule has 11 nitrogen and oxygen atoms in total. The molecule has 0 saturated carbocycles. The number of anilines is 3. The molecule has 1 aliphatic heterocycles. The van der Waals surface area contributed by atoms with Crippen LogP contribution >= 0.6 is 22.6 Å². The van der Waals surface area contributed by atoms with Gasteiger partial charge in [0.05, 0.1) is 29.5 Å². The molecule has 2 aromatic heterocycles. The molecule has 2 aromatic carbocycles. The van der Waals surface area contributed by atoms with Crippen molar-refractivity contribution in [1.29, 1.82) is 0 Å². The molecule has 0 unspecified atom stereocenters. The fraction of sp³-hybridized carbons (Fsp3) is 0.474. The van der Waals surface area contributed by atoms with E-state index >= 15 is 0 Å². The highest BCUT2D eigenvalue weighted by Gasteiger charge is 2.47. The van der Waals surface area contributed by atoms with E-state index in [1.807, 2.05) is 71.4 Å². The molecule has 280 valence electrons. The lowest BCUT2D eigenvalue weighted by atomic mass is 10.2. The maximum Gasteiger partial charge on any atom is 0.425 e. The van der Waals surface area contributed by atoms with Crippen LogP contribution in [-0.2, 0) is 18.4 Å². The number of fused-ring (bicyclic) bond motifs is 1. The van der Waals surface area contributed by atoms with E-state index in [9.17, 15) is 9.59 Å². The van der Waals surface area contributed by atoms with Crippen LogP contribution in [0.25, 0.3) is 11.0 Å². The highest BCUT2D eigenvalue weighted by molar-refractivity contribution is 14.1. The SMILES string of the molecule is CC(=O)Nc1nc(OC(=O)N(c2ccccc2)c2ccccc2)c2c(I)cn([C@H]3C[C@@H](O[Si](C)(C)C(C)(C)C)[C@@H](CO[Si](C)(C)C(C)(C)C)O3)c2n1. The van der Waals surface area contributed by atoms with Crippen LogP contribution in [0.1, 0.15) is 61.1 Å². The summed E-state index contributed by atoms with van der Waals surface area (Å²) in [5, 5.41) is 3.25. The van der Waals surface area contributed by atoms with E-state index in [1.165, 1.54) is 11.8 Å². The topological polar surface area (TPSA) is 117 Å². The Morgan fingerprint density at radius 1 is 0.923 bits per heavy atom. The summed E-state index contributed by atoms with van der Waals surface area (Å²) >= 11 is 2.20. The lowest BCUT2D eigenvalue weighted by Gasteiger charge is -2.40. The van der Waals surface area contributed by atoms with Crippen LogP contribution in [-0.4, -0.2) is 62.0 Å². The van der Waals surface area contributed by atoms with E-state index in [0.29, 0.717) is 35.4 Å². The van der Waals surface area contributed by atoms with E-state index in [0.717, 1.165) is 3.57 Å². The Balaban J connectivity index is 1.55. The maximum atomic E-state index is 14.1. The third-order valence-corrected chi connectivity index (χ3v) is 20.3. The third kappa shape index (κ3) is 8.79. The van der Waals surface area contributed by atoms with Crippen LogP contribution in [0.5, 0.6) is 5.88 Å². The normalized spacial score (nSPS) is 18.4. The maximum absolute atomic E-state index is 14.1. The molecule has 1 fully saturated rings. The van der Waals surface area contributed by atoms with Crippen LogP contribution in [0.15, 0.2) is 66.9 Å². The first-order chi connectivity index (χ1) is 24.2. The summed E-state index contributed by atoms with van der Waals surface area (Å²) in [6.07, 6.45) is 0.807. The Kier molecular flexibility index (Phi) is 11.8. The zero-order chi connectivity index (χ0) is 38.2. The van der Waals surface area contributed by atoms with Crippen LogP contribution in [0.4, 0.5) is 22.1 Å². The molecule has 2 amide bonds. The van der Waals surface area contributed by atoms with Gasteiger partial charge in [-0.3, -0.25) is 10.1 Å². The molecule has 0 spiro atoms. The Morgan fingerprint density at radius 2 is 1.48 bits per heavy atom. The van der Waals surface area contributed by atoms with Gasteiger partial charge in [-0.05, 0) is 83.1 Å². The first kappa shape index (κ1) is 40.0. The van der Waals surface area contributed by atoms with Crippen molar-refractivity contribution in [2.75, 3.05) is 16.8 Å². The van der Waals surface area contributed by atoms with Crippen molar-refractivity contribution in [2.45, 2.75) is 110 Å². The minimum atomic E-state index is -2.19. The lowest BCUT2D eigenvalue weighted by molar-refractivity contribution is -0.114. The summed E-state index contributed by atoms with van der Waals surface area (Å²) < 4.78 is 29.4. The Bertz CT molecular complexity index is 1850. The molecule has 5 rings (SSSR count). The smallest absolute Gasteiger partial charge is 0.414 e. The summed E-state index contributed by atoms with van der Waals surface area (Å²) in [4.78, 5) is 37.1. The second-order valence-corrected chi connectivity index (χ2v) is 27.1. The number of benzene rings is 2. The number of halogens is 1. The van der Waals surface area contributed by atoms with Crippen LogP contribution in [0.2, 0.25) is 36.3 Å². The quantitative estimate of drug-likeness (QED) is 0.124. The second kappa shape index (κ2) is 15.3. The minimum absolute atomic E-state index is 0.00189. The minimum Gasteiger partial charge on any atom is -0.414 e. The third-order valence-electron chi connectivity index (χ3n) is 10.4. The number of amides is 2. The van der Waals surface area contributed by atoms with Crippen molar-refractivity contribution < 1.29 is 27.9 Å². The standard InChI is InChI=1S/C38H52IN5O6Si2/c1-25(45)40-35-41-33-32(34(42-35)49-36(46)44(26-18-14-12-15-19-26)27-20-16-13-17-21-27)28(39)23-43(33)31-22-29(50-52(10,11)38(5,6)7)30(48-31)24-47-51(8,9)37(2,3)4/h12-21,23,29-31H,22,24H2,1-11H3,(H,40,41,42,45)/t29-,30-,31-/m1/s1. The Labute approximate surface area is 323 Å². The van der Waals surface area contributed by atoms with Crippen LogP contribution in [0, 0.1) is 3.57 Å². The first-order valence-corrected chi connectivity index (χ1v) is 24.5. The van der Waals surface area contributed by atoms with Crippen molar-refractivity contribution in [3.8, 4) is 5.88 Å². The average molecular weight is 858 g/mol. The van der Waals surface area contributed by atoms with E-state index in [1.54, 1.807) is 0 Å². The van der Waals surface area contributed by atoms with Crippen LogP contribution < -0.4 is 15.0 Å². The number of hydrogen-bond acceptors (Lipinski definition) is 8. The number of aromatic nitrogens is 3. The predicted molar refractivity (Wildman–Crippen MR) is 219 cm³/mol. The van der Waals surface area contributed by atoms with E-state index in [-0.39, 0.29) is 40.0 Å². The number of nitrogens with zero attached hydrogens (tertiary/aromatic N) is 4. The molecular weight excluding hydrogens is 806 g/mol. The van der Waals surface area contributed by atoms with Crippen molar-refractivity contribution in [3.63, 3.8) is 0 Å². The van der Waals surface area contributed by atoms with Crippen molar-refractivity contribution in [1.82, 2.24) is 14.5 Å². The largest absolute Gasteiger partial charge is 0.425 e. The van der Waals surface area contributed by atoms with Gasteiger partial charge in [0.1, 0.15) is 12.3 Å². The number of carbonyl (C=O) groups excluding carboxylic acids is 2. The van der Waals surface area contributed by atoms with Gasteiger partial charge in [0, 0.05) is 23.1 Å². The molecule has 1 saturated heterocycles. The molecule has 0 bridgehead atoms. The van der Waals surface area contributed by atoms with E-state index < -0.39 is 29.0 Å². The van der Waals surface area contributed by atoms with Gasteiger partial charge in [-0.1, -0.05) is 77.9 Å². The molecule has 1 aliphatic rings. The average Bonchev–Trinajstić information content (AvgIpc) is 3.59. The molecule has 0 aliphatic carbocycles. The molecular formula is C38H52IN5O6Si2. The molecule has 3 atom stereocenters. The Morgan fingerprint density at radius 3 is 2.00 bits per heavy atom. The lowest BCUT2D eigenvalue weighted by Crippen LogP contribution is -2.48. The summed E-state index contributed by atoms with van der Waals surface area (Å²) in [6, 6.07) is 18.5. The summed E-state index contributed by atoms with van der Waals surface area (Å²) in [5.41, 5.74) is 1.70. The van der Waals surface area contributed by atoms with Crippen molar-refractivity contribution >= 4 is 79.6 Å². The van der Waals surface area contributed by atoms with Gasteiger partial charge in [0.25, 0.3) is 0 Å². The number of carbonyl (C=O) groups is 2. The molecule has 14 heteroatoms. The second-order valence-electron chi connectivity index (χ2n) is 16.3.